The lowest BCUT2D eigenvalue weighted by molar-refractivity contribution is 0.0782. The highest BCUT2D eigenvalue weighted by Gasteiger charge is 2.28. The Morgan fingerprint density at radius 2 is 1.30 bits per heavy atom. The molecular formula is C26H30O. The van der Waals surface area contributed by atoms with Crippen LogP contribution >= 0.6 is 0 Å². The minimum absolute atomic E-state index is 0.376. The van der Waals surface area contributed by atoms with E-state index >= 15 is 0 Å². The molecule has 1 heteroatoms. The van der Waals surface area contributed by atoms with Gasteiger partial charge in [-0.3, -0.25) is 0 Å². The van der Waals surface area contributed by atoms with Crippen LogP contribution in [-0.4, -0.2) is 5.11 Å². The molecule has 27 heavy (non-hydrogen) atoms. The molecule has 0 saturated carbocycles. The number of hydrogen-bond acceptors (Lipinski definition) is 1. The Morgan fingerprint density at radius 3 is 1.70 bits per heavy atom. The minimum atomic E-state index is -0.907. The SMILES string of the molecule is CCc1c(C(C)C)c(-c2ccccc2)cc(-c2ccccc2)c1C(C)(C)O. The first kappa shape index (κ1) is 19.4. The van der Waals surface area contributed by atoms with Crippen LogP contribution in [0.4, 0.5) is 0 Å². The van der Waals surface area contributed by atoms with Crippen LogP contribution in [0.2, 0.25) is 0 Å². The first-order valence-electron chi connectivity index (χ1n) is 9.88. The molecule has 0 aromatic heterocycles. The fourth-order valence-electron chi connectivity index (χ4n) is 4.18. The summed E-state index contributed by atoms with van der Waals surface area (Å²) in [6.07, 6.45) is 0.896. The van der Waals surface area contributed by atoms with Gasteiger partial charge in [-0.15, -0.1) is 0 Å². The maximum Gasteiger partial charge on any atom is 0.0849 e. The minimum Gasteiger partial charge on any atom is -0.386 e. The molecule has 0 aliphatic rings. The molecule has 140 valence electrons. The normalized spacial score (nSPS) is 11.8. The van der Waals surface area contributed by atoms with E-state index in [4.69, 9.17) is 0 Å². The molecule has 0 fully saturated rings. The number of rotatable bonds is 5. The van der Waals surface area contributed by atoms with Gasteiger partial charge in [-0.2, -0.15) is 0 Å². The molecule has 0 bridgehead atoms. The largest absolute Gasteiger partial charge is 0.386 e. The van der Waals surface area contributed by atoms with E-state index in [2.05, 4.69) is 81.4 Å². The zero-order valence-electron chi connectivity index (χ0n) is 17.1. The van der Waals surface area contributed by atoms with Gasteiger partial charge in [-0.25, -0.2) is 0 Å². The zero-order chi connectivity index (χ0) is 19.6. The highest BCUT2D eigenvalue weighted by Crippen LogP contribution is 2.43. The Kier molecular flexibility index (Phi) is 5.53. The van der Waals surface area contributed by atoms with Crippen LogP contribution in [0.1, 0.15) is 57.2 Å². The Bertz CT molecular complexity index is 900. The molecule has 1 N–H and O–H groups in total. The second-order valence-electron chi connectivity index (χ2n) is 8.04. The fourth-order valence-corrected chi connectivity index (χ4v) is 4.18. The first-order valence-corrected chi connectivity index (χ1v) is 9.88. The van der Waals surface area contributed by atoms with Crippen LogP contribution in [0.3, 0.4) is 0 Å². The maximum atomic E-state index is 11.1. The van der Waals surface area contributed by atoms with E-state index in [9.17, 15) is 5.11 Å². The fraction of sp³-hybridized carbons (Fsp3) is 0.308. The summed E-state index contributed by atoms with van der Waals surface area (Å²) in [7, 11) is 0. The van der Waals surface area contributed by atoms with Gasteiger partial charge in [0.1, 0.15) is 0 Å². The standard InChI is InChI=1S/C26H30O/c1-6-21-24(18(2)3)22(19-13-9-7-10-14-19)17-23(25(21)26(4,5)27)20-15-11-8-12-16-20/h7-18,27H,6H2,1-5H3. The van der Waals surface area contributed by atoms with Crippen LogP contribution < -0.4 is 0 Å². The van der Waals surface area contributed by atoms with Gasteiger partial charge in [0.25, 0.3) is 0 Å². The summed E-state index contributed by atoms with van der Waals surface area (Å²) in [5.41, 5.74) is 7.55. The molecule has 0 unspecified atom stereocenters. The Labute approximate surface area is 163 Å². The van der Waals surface area contributed by atoms with Crippen molar-refractivity contribution in [3.05, 3.63) is 83.4 Å². The lowest BCUT2D eigenvalue weighted by atomic mass is 9.77. The van der Waals surface area contributed by atoms with Crippen molar-refractivity contribution < 1.29 is 5.11 Å². The average Bonchev–Trinajstić information content (AvgIpc) is 2.66. The molecule has 3 aromatic carbocycles. The topological polar surface area (TPSA) is 20.2 Å². The summed E-state index contributed by atoms with van der Waals surface area (Å²) in [5.74, 6) is 0.376. The predicted octanol–water partition coefficient (Wildman–Crippen LogP) is 6.93. The lowest BCUT2D eigenvalue weighted by Gasteiger charge is -2.30. The average molecular weight is 359 g/mol. The summed E-state index contributed by atoms with van der Waals surface area (Å²) in [5, 5.41) is 11.1. The van der Waals surface area contributed by atoms with Gasteiger partial charge >= 0.3 is 0 Å². The van der Waals surface area contributed by atoms with Crippen LogP contribution in [-0.2, 0) is 12.0 Å². The zero-order valence-corrected chi connectivity index (χ0v) is 17.1. The van der Waals surface area contributed by atoms with Crippen LogP contribution in [0.25, 0.3) is 22.3 Å². The number of hydrogen-bond donors (Lipinski definition) is 1. The van der Waals surface area contributed by atoms with E-state index in [1.165, 1.54) is 22.3 Å². The Balaban J connectivity index is 2.46. The predicted molar refractivity (Wildman–Crippen MR) is 116 cm³/mol. The third-order valence-electron chi connectivity index (χ3n) is 5.19. The molecule has 0 atom stereocenters. The van der Waals surface area contributed by atoms with Gasteiger partial charge in [0.2, 0.25) is 0 Å². The van der Waals surface area contributed by atoms with Crippen molar-refractivity contribution in [3.8, 4) is 22.3 Å². The third-order valence-corrected chi connectivity index (χ3v) is 5.19. The van der Waals surface area contributed by atoms with Gasteiger partial charge in [0.15, 0.2) is 0 Å². The van der Waals surface area contributed by atoms with Crippen LogP contribution in [0.15, 0.2) is 66.7 Å². The molecule has 0 radical (unpaired) electrons. The van der Waals surface area contributed by atoms with Crippen molar-refractivity contribution >= 4 is 0 Å². The Hall–Kier alpha value is -2.38. The monoisotopic (exact) mass is 358 g/mol. The summed E-state index contributed by atoms with van der Waals surface area (Å²) in [6, 6.07) is 23.3. The smallest absolute Gasteiger partial charge is 0.0849 e. The molecule has 0 aliphatic heterocycles. The van der Waals surface area contributed by atoms with Crippen molar-refractivity contribution in [2.45, 2.75) is 52.6 Å². The van der Waals surface area contributed by atoms with Crippen molar-refractivity contribution in [1.29, 1.82) is 0 Å². The Morgan fingerprint density at radius 1 is 0.815 bits per heavy atom. The van der Waals surface area contributed by atoms with E-state index in [1.807, 2.05) is 19.9 Å². The maximum absolute atomic E-state index is 11.1. The highest BCUT2D eigenvalue weighted by atomic mass is 16.3. The summed E-state index contributed by atoms with van der Waals surface area (Å²) >= 11 is 0. The van der Waals surface area contributed by atoms with Crippen molar-refractivity contribution in [3.63, 3.8) is 0 Å². The second kappa shape index (κ2) is 7.70. The van der Waals surface area contributed by atoms with E-state index in [-0.39, 0.29) is 0 Å². The van der Waals surface area contributed by atoms with Gasteiger partial charge < -0.3 is 5.11 Å². The number of aliphatic hydroxyl groups is 1. The van der Waals surface area contributed by atoms with E-state index < -0.39 is 5.60 Å². The van der Waals surface area contributed by atoms with Crippen molar-refractivity contribution in [2.24, 2.45) is 0 Å². The highest BCUT2D eigenvalue weighted by molar-refractivity contribution is 5.81. The summed E-state index contributed by atoms with van der Waals surface area (Å²) in [6.45, 7) is 10.5. The second-order valence-corrected chi connectivity index (χ2v) is 8.04. The molecule has 0 heterocycles. The van der Waals surface area contributed by atoms with E-state index in [0.29, 0.717) is 5.92 Å². The van der Waals surface area contributed by atoms with Gasteiger partial charge in [0, 0.05) is 0 Å². The quantitative estimate of drug-likeness (QED) is 0.524. The van der Waals surface area contributed by atoms with Gasteiger partial charge in [-0.05, 0) is 71.2 Å². The van der Waals surface area contributed by atoms with Crippen molar-refractivity contribution in [1.82, 2.24) is 0 Å². The first-order chi connectivity index (χ1) is 12.8. The molecule has 1 nitrogen and oxygen atoms in total. The van der Waals surface area contributed by atoms with Crippen molar-refractivity contribution in [2.75, 3.05) is 0 Å². The summed E-state index contributed by atoms with van der Waals surface area (Å²) < 4.78 is 0. The molecule has 3 rings (SSSR count). The van der Waals surface area contributed by atoms with Gasteiger partial charge in [-0.1, -0.05) is 81.4 Å². The molecule has 0 saturated heterocycles. The molecule has 0 aliphatic carbocycles. The van der Waals surface area contributed by atoms with E-state index in [1.54, 1.807) is 0 Å². The third kappa shape index (κ3) is 3.84. The summed E-state index contributed by atoms with van der Waals surface area (Å²) in [4.78, 5) is 0. The lowest BCUT2D eigenvalue weighted by Crippen LogP contribution is -2.21. The van der Waals surface area contributed by atoms with Crippen LogP contribution in [0, 0.1) is 0 Å². The van der Waals surface area contributed by atoms with Crippen LogP contribution in [0.5, 0.6) is 0 Å². The molecule has 3 aromatic rings. The molecule has 0 amide bonds. The molecular weight excluding hydrogens is 328 g/mol. The number of benzene rings is 3. The van der Waals surface area contributed by atoms with E-state index in [0.717, 1.165) is 23.1 Å². The molecule has 0 spiro atoms. The van der Waals surface area contributed by atoms with Gasteiger partial charge in [0.05, 0.1) is 5.60 Å².